The average molecular weight is 261 g/mol. The molecule has 0 bridgehead atoms. The van der Waals surface area contributed by atoms with Crippen LogP contribution in [0.15, 0.2) is 48.7 Å². The Labute approximate surface area is 113 Å². The van der Waals surface area contributed by atoms with Gasteiger partial charge in [-0.3, -0.25) is 0 Å². The van der Waals surface area contributed by atoms with Crippen LogP contribution in [0.25, 0.3) is 0 Å². The van der Waals surface area contributed by atoms with Crippen LogP contribution in [0.5, 0.6) is 0 Å². The zero-order chi connectivity index (χ0) is 13.0. The second-order valence-corrected chi connectivity index (χ2v) is 5.40. The zero-order valence-corrected chi connectivity index (χ0v) is 11.4. The van der Waals surface area contributed by atoms with Gasteiger partial charge in [0.2, 0.25) is 0 Å². The Balaban J connectivity index is 2.03. The molecule has 1 aromatic heterocycles. The number of nitrogens with one attached hydrogen (secondary N) is 1. The van der Waals surface area contributed by atoms with E-state index >= 15 is 0 Å². The van der Waals surface area contributed by atoms with E-state index in [0.717, 1.165) is 12.4 Å². The summed E-state index contributed by atoms with van der Waals surface area (Å²) in [5, 5.41) is 4.00. The Morgan fingerprint density at radius 1 is 1.11 bits per heavy atom. The smallest absolute Gasteiger partial charge is 0.126 e. The molecule has 3 heteroatoms. The van der Waals surface area contributed by atoms with Gasteiger partial charge in [-0.25, -0.2) is 4.98 Å². The van der Waals surface area contributed by atoms with Crippen LogP contribution in [0, 0.1) is 0 Å². The van der Waals surface area contributed by atoms with Crippen LogP contribution in [0.2, 0.25) is 5.02 Å². The van der Waals surface area contributed by atoms with Gasteiger partial charge >= 0.3 is 0 Å². The Bertz CT molecular complexity index is 492. The van der Waals surface area contributed by atoms with Crippen molar-refractivity contribution in [2.75, 3.05) is 11.9 Å². The standard InChI is InChI=1S/C15H17ClN2/c1-15(2,12-6-4-3-5-7-12)11-18-14-9-8-13(16)10-17-14/h3-10H,11H2,1-2H3,(H,17,18). The van der Waals surface area contributed by atoms with Crippen LogP contribution in [-0.4, -0.2) is 11.5 Å². The summed E-state index contributed by atoms with van der Waals surface area (Å²) in [6.45, 7) is 5.25. The minimum absolute atomic E-state index is 0.0581. The number of anilines is 1. The van der Waals surface area contributed by atoms with E-state index in [9.17, 15) is 0 Å². The largest absolute Gasteiger partial charge is 0.369 e. The van der Waals surface area contributed by atoms with Crippen molar-refractivity contribution < 1.29 is 0 Å². The summed E-state index contributed by atoms with van der Waals surface area (Å²) in [4.78, 5) is 4.23. The lowest BCUT2D eigenvalue weighted by atomic mass is 9.85. The van der Waals surface area contributed by atoms with Gasteiger partial charge in [-0.1, -0.05) is 55.8 Å². The van der Waals surface area contributed by atoms with Crippen LogP contribution in [0.3, 0.4) is 0 Å². The lowest BCUT2D eigenvalue weighted by Crippen LogP contribution is -2.27. The fraction of sp³-hybridized carbons (Fsp3) is 0.267. The first-order valence-corrected chi connectivity index (χ1v) is 6.37. The lowest BCUT2D eigenvalue weighted by molar-refractivity contribution is 0.556. The van der Waals surface area contributed by atoms with E-state index in [0.29, 0.717) is 5.02 Å². The molecule has 0 saturated heterocycles. The third-order valence-electron chi connectivity index (χ3n) is 2.99. The van der Waals surface area contributed by atoms with Crippen LogP contribution >= 0.6 is 11.6 Å². The Kier molecular flexibility index (Phi) is 3.87. The molecule has 2 rings (SSSR count). The number of rotatable bonds is 4. The number of halogens is 1. The van der Waals surface area contributed by atoms with E-state index < -0.39 is 0 Å². The highest BCUT2D eigenvalue weighted by Crippen LogP contribution is 2.23. The molecule has 0 fully saturated rings. The van der Waals surface area contributed by atoms with Crippen molar-refractivity contribution in [1.82, 2.24) is 4.98 Å². The molecular weight excluding hydrogens is 244 g/mol. The van der Waals surface area contributed by atoms with E-state index in [1.165, 1.54) is 5.56 Å². The molecule has 0 saturated carbocycles. The number of hydrogen-bond donors (Lipinski definition) is 1. The maximum Gasteiger partial charge on any atom is 0.126 e. The van der Waals surface area contributed by atoms with E-state index in [2.05, 4.69) is 48.4 Å². The van der Waals surface area contributed by atoms with E-state index in [1.807, 2.05) is 18.2 Å². The highest BCUT2D eigenvalue weighted by atomic mass is 35.5. The van der Waals surface area contributed by atoms with E-state index in [-0.39, 0.29) is 5.41 Å². The highest BCUT2D eigenvalue weighted by molar-refractivity contribution is 6.30. The van der Waals surface area contributed by atoms with Crippen molar-refractivity contribution in [3.05, 3.63) is 59.2 Å². The average Bonchev–Trinajstić information content (AvgIpc) is 2.39. The quantitative estimate of drug-likeness (QED) is 0.894. The summed E-state index contributed by atoms with van der Waals surface area (Å²) in [7, 11) is 0. The highest BCUT2D eigenvalue weighted by Gasteiger charge is 2.19. The van der Waals surface area contributed by atoms with Gasteiger partial charge < -0.3 is 5.32 Å². The van der Waals surface area contributed by atoms with Gasteiger partial charge in [0.1, 0.15) is 5.82 Å². The first kappa shape index (κ1) is 12.9. The maximum absolute atomic E-state index is 5.81. The number of hydrogen-bond acceptors (Lipinski definition) is 2. The van der Waals surface area contributed by atoms with Gasteiger partial charge in [0.15, 0.2) is 0 Å². The lowest BCUT2D eigenvalue weighted by Gasteiger charge is -2.25. The molecule has 0 aliphatic heterocycles. The van der Waals surface area contributed by atoms with Crippen molar-refractivity contribution in [2.45, 2.75) is 19.3 Å². The van der Waals surface area contributed by atoms with Crippen molar-refractivity contribution in [2.24, 2.45) is 0 Å². The first-order valence-electron chi connectivity index (χ1n) is 5.99. The first-order chi connectivity index (χ1) is 8.58. The Morgan fingerprint density at radius 3 is 2.44 bits per heavy atom. The zero-order valence-electron chi connectivity index (χ0n) is 10.7. The van der Waals surface area contributed by atoms with Crippen LogP contribution in [0.4, 0.5) is 5.82 Å². The number of aromatic nitrogens is 1. The molecule has 0 radical (unpaired) electrons. The van der Waals surface area contributed by atoms with Gasteiger partial charge in [0.25, 0.3) is 0 Å². The molecule has 94 valence electrons. The minimum Gasteiger partial charge on any atom is -0.369 e. The molecule has 1 heterocycles. The molecule has 2 nitrogen and oxygen atoms in total. The second kappa shape index (κ2) is 5.40. The van der Waals surface area contributed by atoms with Crippen molar-refractivity contribution in [1.29, 1.82) is 0 Å². The molecule has 0 spiro atoms. The molecular formula is C15H17ClN2. The molecule has 0 aliphatic carbocycles. The maximum atomic E-state index is 5.81. The molecule has 0 aliphatic rings. The monoisotopic (exact) mass is 260 g/mol. The summed E-state index contributed by atoms with van der Waals surface area (Å²) in [5.41, 5.74) is 1.37. The summed E-state index contributed by atoms with van der Waals surface area (Å²) in [6.07, 6.45) is 1.65. The van der Waals surface area contributed by atoms with Gasteiger partial charge in [-0.2, -0.15) is 0 Å². The van der Waals surface area contributed by atoms with Gasteiger partial charge in [-0.05, 0) is 17.7 Å². The van der Waals surface area contributed by atoms with Crippen molar-refractivity contribution in [3.8, 4) is 0 Å². The fourth-order valence-electron chi connectivity index (χ4n) is 1.78. The van der Waals surface area contributed by atoms with Crippen LogP contribution in [0.1, 0.15) is 19.4 Å². The third-order valence-corrected chi connectivity index (χ3v) is 3.22. The Morgan fingerprint density at radius 2 is 1.83 bits per heavy atom. The molecule has 1 N–H and O–H groups in total. The second-order valence-electron chi connectivity index (χ2n) is 4.97. The van der Waals surface area contributed by atoms with Crippen LogP contribution in [-0.2, 0) is 5.41 Å². The van der Waals surface area contributed by atoms with Crippen LogP contribution < -0.4 is 5.32 Å². The molecule has 0 unspecified atom stereocenters. The number of benzene rings is 1. The molecule has 0 atom stereocenters. The van der Waals surface area contributed by atoms with Gasteiger partial charge in [0.05, 0.1) is 5.02 Å². The predicted octanol–water partition coefficient (Wildman–Crippen LogP) is 4.12. The van der Waals surface area contributed by atoms with Crippen molar-refractivity contribution >= 4 is 17.4 Å². The van der Waals surface area contributed by atoms with Gasteiger partial charge in [0, 0.05) is 18.2 Å². The Hall–Kier alpha value is -1.54. The summed E-state index contributed by atoms with van der Waals surface area (Å²) < 4.78 is 0. The molecule has 1 aromatic carbocycles. The minimum atomic E-state index is 0.0581. The summed E-state index contributed by atoms with van der Waals surface area (Å²) in [6, 6.07) is 14.2. The molecule has 2 aromatic rings. The van der Waals surface area contributed by atoms with Gasteiger partial charge in [-0.15, -0.1) is 0 Å². The van der Waals surface area contributed by atoms with Crippen molar-refractivity contribution in [3.63, 3.8) is 0 Å². The SMILES string of the molecule is CC(C)(CNc1ccc(Cl)cn1)c1ccccc1. The number of nitrogens with zero attached hydrogens (tertiary/aromatic N) is 1. The molecule has 18 heavy (non-hydrogen) atoms. The van der Waals surface area contributed by atoms with E-state index in [1.54, 1.807) is 6.20 Å². The summed E-state index contributed by atoms with van der Waals surface area (Å²) >= 11 is 5.81. The topological polar surface area (TPSA) is 24.9 Å². The van der Waals surface area contributed by atoms with E-state index in [4.69, 9.17) is 11.6 Å². The third kappa shape index (κ3) is 3.23. The normalized spacial score (nSPS) is 11.3. The summed E-state index contributed by atoms with van der Waals surface area (Å²) in [5.74, 6) is 0.850. The molecule has 0 amide bonds. The predicted molar refractivity (Wildman–Crippen MR) is 77.2 cm³/mol. The number of pyridine rings is 1. The fourth-order valence-corrected chi connectivity index (χ4v) is 1.90.